The topological polar surface area (TPSA) is 117 Å². The molecular weight excluding hydrogens is 470 g/mol. The van der Waals surface area contributed by atoms with Crippen molar-refractivity contribution in [1.82, 2.24) is 16.0 Å². The highest BCUT2D eigenvalue weighted by Crippen LogP contribution is 2.46. The van der Waals surface area contributed by atoms with Crippen molar-refractivity contribution < 1.29 is 24.2 Å². The minimum atomic E-state index is -0.921. The third-order valence-corrected chi connectivity index (χ3v) is 7.45. The smallest absolute Gasteiger partial charge is 0.243 e. The van der Waals surface area contributed by atoms with E-state index in [1.165, 1.54) is 0 Å². The molecule has 0 spiro atoms. The number of carbonyl (C=O) groups is 3. The van der Waals surface area contributed by atoms with Gasteiger partial charge in [-0.15, -0.1) is 0 Å². The fourth-order valence-electron chi connectivity index (χ4n) is 4.79. The molecule has 2 aliphatic rings. The van der Waals surface area contributed by atoms with Gasteiger partial charge in [0.1, 0.15) is 17.8 Å². The molecule has 2 aromatic carbocycles. The molecule has 4 rings (SSSR count). The summed E-state index contributed by atoms with van der Waals surface area (Å²) in [5, 5.41) is 19.2. The Labute approximate surface area is 218 Å². The van der Waals surface area contributed by atoms with Crippen LogP contribution in [0.2, 0.25) is 0 Å². The maximum atomic E-state index is 13.6. The summed E-state index contributed by atoms with van der Waals surface area (Å²) in [5.41, 5.74) is 1.37. The first-order valence-electron chi connectivity index (χ1n) is 13.0. The van der Waals surface area contributed by atoms with Gasteiger partial charge in [-0.2, -0.15) is 0 Å². The summed E-state index contributed by atoms with van der Waals surface area (Å²) < 4.78 is 5.23. The van der Waals surface area contributed by atoms with Crippen molar-refractivity contribution in [2.24, 2.45) is 5.41 Å². The summed E-state index contributed by atoms with van der Waals surface area (Å²) in [7, 11) is 1.58. The van der Waals surface area contributed by atoms with Gasteiger partial charge in [0.2, 0.25) is 11.8 Å². The maximum absolute atomic E-state index is 13.6. The third kappa shape index (κ3) is 6.96. The summed E-state index contributed by atoms with van der Waals surface area (Å²) in [6, 6.07) is 14.5. The van der Waals surface area contributed by atoms with E-state index >= 15 is 0 Å². The number of hydrogen-bond acceptors (Lipinski definition) is 6. The Kier molecular flexibility index (Phi) is 8.61. The van der Waals surface area contributed by atoms with Crippen molar-refractivity contribution >= 4 is 17.6 Å². The maximum Gasteiger partial charge on any atom is 0.243 e. The van der Waals surface area contributed by atoms with Crippen LogP contribution in [0.3, 0.4) is 0 Å². The Morgan fingerprint density at radius 1 is 1.00 bits per heavy atom. The number of Topliss-reactive ketones (excluding diaryl/α,β-unsaturated/α-hetero) is 1. The molecule has 4 atom stereocenters. The predicted octanol–water partition coefficient (Wildman–Crippen LogP) is 1.93. The van der Waals surface area contributed by atoms with Crippen molar-refractivity contribution in [3.05, 3.63) is 65.7 Å². The lowest BCUT2D eigenvalue weighted by atomic mass is 9.92. The van der Waals surface area contributed by atoms with Crippen molar-refractivity contribution in [3.63, 3.8) is 0 Å². The number of hydrogen-bond donors (Lipinski definition) is 4. The van der Waals surface area contributed by atoms with Gasteiger partial charge in [0.15, 0.2) is 5.78 Å². The molecule has 1 aliphatic carbocycles. The molecule has 0 radical (unpaired) electrons. The molecular formula is C29H37N3O5. The van der Waals surface area contributed by atoms with Gasteiger partial charge in [-0.3, -0.25) is 14.4 Å². The van der Waals surface area contributed by atoms with Crippen LogP contribution in [0.1, 0.15) is 43.7 Å². The Balaban J connectivity index is 1.54. The fourth-order valence-corrected chi connectivity index (χ4v) is 4.79. The molecule has 2 fully saturated rings. The van der Waals surface area contributed by atoms with E-state index in [4.69, 9.17) is 4.74 Å². The SMILES string of the molecule is COc1ccc(C[C@H](NC(=O)[C@H]2NCCC[C@@H]2O)C(=O)N[C@@H](Cc2ccccc2)C(=O)C2(C)CC2)cc1. The zero-order chi connectivity index (χ0) is 26.4. The van der Waals surface area contributed by atoms with Crippen LogP contribution in [0.25, 0.3) is 0 Å². The molecule has 0 aromatic heterocycles. The lowest BCUT2D eigenvalue weighted by molar-refractivity contribution is -0.134. The second-order valence-electron chi connectivity index (χ2n) is 10.4. The van der Waals surface area contributed by atoms with Crippen LogP contribution in [-0.2, 0) is 27.2 Å². The number of ether oxygens (including phenoxy) is 1. The van der Waals surface area contributed by atoms with Crippen molar-refractivity contribution in [3.8, 4) is 5.75 Å². The zero-order valence-electron chi connectivity index (χ0n) is 21.5. The number of amides is 2. The number of aliphatic hydroxyl groups excluding tert-OH is 1. The fraction of sp³-hybridized carbons (Fsp3) is 0.483. The molecule has 0 unspecified atom stereocenters. The van der Waals surface area contributed by atoms with Crippen molar-refractivity contribution in [2.75, 3.05) is 13.7 Å². The average Bonchev–Trinajstić information content (AvgIpc) is 3.67. The molecule has 1 saturated heterocycles. The van der Waals surface area contributed by atoms with Gasteiger partial charge in [-0.05, 0) is 61.9 Å². The highest BCUT2D eigenvalue weighted by atomic mass is 16.5. The van der Waals surface area contributed by atoms with E-state index in [1.807, 2.05) is 49.4 Å². The van der Waals surface area contributed by atoms with E-state index in [2.05, 4.69) is 16.0 Å². The molecule has 37 heavy (non-hydrogen) atoms. The Hall–Kier alpha value is -3.23. The quantitative estimate of drug-likeness (QED) is 0.369. The Bertz CT molecular complexity index is 1080. The summed E-state index contributed by atoms with van der Waals surface area (Å²) in [5.74, 6) is -0.146. The monoisotopic (exact) mass is 507 g/mol. The van der Waals surface area contributed by atoms with E-state index in [0.29, 0.717) is 25.1 Å². The molecule has 2 amide bonds. The second-order valence-corrected chi connectivity index (χ2v) is 10.4. The van der Waals surface area contributed by atoms with E-state index in [0.717, 1.165) is 30.4 Å². The first-order valence-corrected chi connectivity index (χ1v) is 13.0. The lowest BCUT2D eigenvalue weighted by Crippen LogP contribution is -2.60. The zero-order valence-corrected chi connectivity index (χ0v) is 21.5. The Morgan fingerprint density at radius 3 is 2.27 bits per heavy atom. The number of aliphatic hydroxyl groups is 1. The van der Waals surface area contributed by atoms with Crippen molar-refractivity contribution in [1.29, 1.82) is 0 Å². The molecule has 0 bridgehead atoms. The average molecular weight is 508 g/mol. The number of benzene rings is 2. The number of rotatable bonds is 11. The van der Waals surface area contributed by atoms with Gasteiger partial charge in [-0.1, -0.05) is 49.4 Å². The van der Waals surface area contributed by atoms with Crippen LogP contribution < -0.4 is 20.7 Å². The van der Waals surface area contributed by atoms with Gasteiger partial charge in [0, 0.05) is 11.8 Å². The number of methoxy groups -OCH3 is 1. The van der Waals surface area contributed by atoms with Crippen LogP contribution in [0, 0.1) is 5.41 Å². The standard InChI is InChI=1S/C29H37N3O5/c1-29(14-15-29)26(34)22(17-19-7-4-3-5-8-19)31-27(35)23(18-20-10-12-21(37-2)13-11-20)32-28(36)25-24(33)9-6-16-30-25/h3-5,7-8,10-13,22-25,30,33H,6,9,14-18H2,1-2H3,(H,31,35)(H,32,36)/t22-,23-,24-,25-/m0/s1. The van der Waals surface area contributed by atoms with Crippen molar-refractivity contribution in [2.45, 2.75) is 69.7 Å². The van der Waals surface area contributed by atoms with Crippen LogP contribution in [0.15, 0.2) is 54.6 Å². The highest BCUT2D eigenvalue weighted by Gasteiger charge is 2.48. The predicted molar refractivity (Wildman–Crippen MR) is 140 cm³/mol. The van der Waals surface area contributed by atoms with Crippen LogP contribution in [-0.4, -0.2) is 60.6 Å². The van der Waals surface area contributed by atoms with E-state index in [1.54, 1.807) is 19.2 Å². The second kappa shape index (κ2) is 11.9. The molecule has 4 N–H and O–H groups in total. The lowest BCUT2D eigenvalue weighted by Gasteiger charge is -2.30. The number of carbonyl (C=O) groups excluding carboxylic acids is 3. The molecule has 1 aliphatic heterocycles. The highest BCUT2D eigenvalue weighted by molar-refractivity contribution is 5.97. The van der Waals surface area contributed by atoms with E-state index in [9.17, 15) is 19.5 Å². The molecule has 198 valence electrons. The summed E-state index contributed by atoms with van der Waals surface area (Å²) in [6.45, 7) is 2.56. The Morgan fingerprint density at radius 2 is 1.65 bits per heavy atom. The first kappa shape index (κ1) is 26.8. The summed E-state index contributed by atoms with van der Waals surface area (Å²) in [4.78, 5) is 40.1. The minimum absolute atomic E-state index is 0.0172. The molecule has 8 nitrogen and oxygen atoms in total. The van der Waals surface area contributed by atoms with Crippen LogP contribution >= 0.6 is 0 Å². The first-order chi connectivity index (χ1) is 17.8. The summed E-state index contributed by atoms with van der Waals surface area (Å²) >= 11 is 0. The van der Waals surface area contributed by atoms with E-state index < -0.39 is 41.5 Å². The molecule has 1 saturated carbocycles. The van der Waals surface area contributed by atoms with Gasteiger partial charge in [0.25, 0.3) is 0 Å². The van der Waals surface area contributed by atoms with Gasteiger partial charge < -0.3 is 25.8 Å². The van der Waals surface area contributed by atoms with Crippen LogP contribution in [0.5, 0.6) is 5.75 Å². The largest absolute Gasteiger partial charge is 0.497 e. The van der Waals surface area contributed by atoms with Gasteiger partial charge in [-0.25, -0.2) is 0 Å². The third-order valence-electron chi connectivity index (χ3n) is 7.45. The number of piperidine rings is 1. The molecule has 8 heteroatoms. The normalized spacial score (nSPS) is 21.8. The minimum Gasteiger partial charge on any atom is -0.497 e. The molecule has 2 aromatic rings. The van der Waals surface area contributed by atoms with Crippen LogP contribution in [0.4, 0.5) is 0 Å². The number of nitrogens with one attached hydrogen (secondary N) is 3. The summed E-state index contributed by atoms with van der Waals surface area (Å²) in [6.07, 6.45) is 2.71. The van der Waals surface area contributed by atoms with E-state index in [-0.39, 0.29) is 12.2 Å². The number of ketones is 1. The van der Waals surface area contributed by atoms with Gasteiger partial charge >= 0.3 is 0 Å². The van der Waals surface area contributed by atoms with Gasteiger partial charge in [0.05, 0.1) is 19.3 Å². The molecule has 1 heterocycles.